The molecule has 0 fully saturated rings. The van der Waals surface area contributed by atoms with Gasteiger partial charge in [0.25, 0.3) is 0 Å². The molecule has 4 heteroatoms. The van der Waals surface area contributed by atoms with Crippen LogP contribution in [0.1, 0.15) is 87.5 Å². The van der Waals surface area contributed by atoms with Crippen LogP contribution in [0.25, 0.3) is 24.3 Å². The predicted molar refractivity (Wildman–Crippen MR) is 182 cm³/mol. The fourth-order valence-corrected chi connectivity index (χ4v) is 4.76. The number of halogens is 2. The van der Waals surface area contributed by atoms with Gasteiger partial charge in [-0.25, -0.2) is 0 Å². The number of rotatable bonds is 16. The molecule has 0 aromatic heterocycles. The van der Waals surface area contributed by atoms with Crippen LogP contribution in [0.3, 0.4) is 0 Å². The van der Waals surface area contributed by atoms with Gasteiger partial charge in [-0.05, 0) is 106 Å². The summed E-state index contributed by atoms with van der Waals surface area (Å²) in [6.07, 6.45) is 18.1. The van der Waals surface area contributed by atoms with Crippen molar-refractivity contribution in [2.45, 2.75) is 65.2 Å². The van der Waals surface area contributed by atoms with E-state index >= 15 is 0 Å². The Hall–Kier alpha value is -1.80. The summed E-state index contributed by atoms with van der Waals surface area (Å²) in [4.78, 5) is 0. The summed E-state index contributed by atoms with van der Waals surface area (Å²) >= 11 is 4.68. The maximum atomic E-state index is 6.37. The van der Waals surface area contributed by atoms with Gasteiger partial charge in [0.1, 0.15) is 11.5 Å². The highest BCUT2D eigenvalue weighted by molar-refractivity contribution is 14.1. The maximum Gasteiger partial charge on any atom is 0.127 e. The van der Waals surface area contributed by atoms with Gasteiger partial charge in [-0.2, -0.15) is 0 Å². The molecule has 0 atom stereocenters. The molecule has 38 heavy (non-hydrogen) atoms. The number of unbranched alkanes of at least 4 members (excludes halogenated alkanes) is 6. The van der Waals surface area contributed by atoms with Crippen molar-refractivity contribution in [1.29, 1.82) is 0 Å². The van der Waals surface area contributed by atoms with Gasteiger partial charge >= 0.3 is 0 Å². The van der Waals surface area contributed by atoms with Crippen molar-refractivity contribution in [3.8, 4) is 11.5 Å². The summed E-state index contributed by atoms with van der Waals surface area (Å²) in [5, 5.41) is 0. The Morgan fingerprint density at radius 2 is 0.921 bits per heavy atom. The number of ether oxygens (including phenoxy) is 2. The molecular formula is C34H40I2O2. The molecule has 2 nitrogen and oxygen atoms in total. The van der Waals surface area contributed by atoms with Crippen molar-refractivity contribution in [1.82, 2.24) is 0 Å². The molecule has 0 unspecified atom stereocenters. The quantitative estimate of drug-likeness (QED) is 0.0829. The van der Waals surface area contributed by atoms with Gasteiger partial charge in [0, 0.05) is 18.3 Å². The van der Waals surface area contributed by atoms with Gasteiger partial charge in [-0.15, -0.1) is 0 Å². The Morgan fingerprint density at radius 3 is 1.29 bits per heavy atom. The van der Waals surface area contributed by atoms with E-state index in [1.165, 1.54) is 56.8 Å². The molecule has 0 heterocycles. The molecule has 3 rings (SSSR count). The molecule has 3 aromatic rings. The number of benzene rings is 3. The van der Waals surface area contributed by atoms with Crippen molar-refractivity contribution in [2.75, 3.05) is 13.2 Å². The maximum absolute atomic E-state index is 6.37. The molecule has 0 aliphatic rings. The lowest BCUT2D eigenvalue weighted by Gasteiger charge is -2.15. The lowest BCUT2D eigenvalue weighted by atomic mass is 10.0. The molecule has 0 bridgehead atoms. The van der Waals surface area contributed by atoms with Crippen LogP contribution >= 0.6 is 45.2 Å². The molecule has 0 amide bonds. The lowest BCUT2D eigenvalue weighted by molar-refractivity contribution is 0.296. The minimum atomic E-state index is 0.724. The first-order valence-electron chi connectivity index (χ1n) is 13.9. The third-order valence-electron chi connectivity index (χ3n) is 6.30. The van der Waals surface area contributed by atoms with Crippen LogP contribution in [-0.2, 0) is 0 Å². The zero-order valence-corrected chi connectivity index (χ0v) is 27.0. The molecular weight excluding hydrogens is 694 g/mol. The largest absolute Gasteiger partial charge is 0.493 e. The van der Waals surface area contributed by atoms with E-state index in [0.29, 0.717) is 0 Å². The molecule has 0 saturated carbocycles. The molecule has 0 aliphatic heterocycles. The monoisotopic (exact) mass is 734 g/mol. The molecule has 0 saturated heterocycles. The second-order valence-electron chi connectivity index (χ2n) is 9.52. The third-order valence-corrected chi connectivity index (χ3v) is 7.74. The Morgan fingerprint density at radius 1 is 0.526 bits per heavy atom. The Labute approximate surface area is 257 Å². The van der Waals surface area contributed by atoms with Crippen LogP contribution in [0.15, 0.2) is 60.7 Å². The second-order valence-corrected chi connectivity index (χ2v) is 12.0. The standard InChI is InChI=1S/C34H40I2O2/c1-3-5-7-9-23-37-33-25-30(18-12-28-15-21-32(36)22-16-28)34(38-24-10-8-6-4-2)26-29(33)17-11-27-13-19-31(35)20-14-27/h11-22,25-26H,3-10,23-24H2,1-2H3/b17-11+,18-12+. The Balaban J connectivity index is 1.91. The summed E-state index contributed by atoms with van der Waals surface area (Å²) in [5.74, 6) is 1.81. The van der Waals surface area contributed by atoms with Gasteiger partial charge in [-0.1, -0.05) is 101 Å². The average Bonchev–Trinajstić information content (AvgIpc) is 2.93. The zero-order valence-electron chi connectivity index (χ0n) is 22.7. The highest BCUT2D eigenvalue weighted by atomic mass is 127. The molecule has 0 radical (unpaired) electrons. The third kappa shape index (κ3) is 11.1. The minimum Gasteiger partial charge on any atom is -0.493 e. The smallest absolute Gasteiger partial charge is 0.127 e. The minimum absolute atomic E-state index is 0.724. The van der Waals surface area contributed by atoms with Crippen molar-refractivity contribution in [3.63, 3.8) is 0 Å². The molecule has 0 aliphatic carbocycles. The summed E-state index contributed by atoms with van der Waals surface area (Å²) in [6, 6.07) is 21.4. The fraction of sp³-hybridized carbons (Fsp3) is 0.353. The van der Waals surface area contributed by atoms with Crippen molar-refractivity contribution >= 4 is 69.5 Å². The number of hydrogen-bond donors (Lipinski definition) is 0. The van der Waals surface area contributed by atoms with Crippen LogP contribution in [-0.4, -0.2) is 13.2 Å². The summed E-state index contributed by atoms with van der Waals surface area (Å²) in [6.45, 7) is 5.92. The van der Waals surface area contributed by atoms with E-state index in [2.05, 4.69) is 144 Å². The van der Waals surface area contributed by atoms with Crippen molar-refractivity contribution in [3.05, 3.63) is 90.1 Å². The predicted octanol–water partition coefficient (Wildman–Crippen LogP) is 11.2. The van der Waals surface area contributed by atoms with Gasteiger partial charge < -0.3 is 9.47 Å². The molecule has 0 N–H and O–H groups in total. The summed E-state index contributed by atoms with van der Waals surface area (Å²) in [7, 11) is 0. The van der Waals surface area contributed by atoms with Crippen LogP contribution < -0.4 is 9.47 Å². The van der Waals surface area contributed by atoms with Crippen LogP contribution in [0, 0.1) is 7.14 Å². The van der Waals surface area contributed by atoms with Gasteiger partial charge in [0.15, 0.2) is 0 Å². The van der Waals surface area contributed by atoms with E-state index in [-0.39, 0.29) is 0 Å². The van der Waals surface area contributed by atoms with Crippen LogP contribution in [0.5, 0.6) is 11.5 Å². The first kappa shape index (κ1) is 30.7. The van der Waals surface area contributed by atoms with Crippen LogP contribution in [0.4, 0.5) is 0 Å². The Kier molecular flexibility index (Phi) is 14.3. The number of hydrogen-bond acceptors (Lipinski definition) is 2. The van der Waals surface area contributed by atoms with E-state index in [0.717, 1.165) is 48.7 Å². The average molecular weight is 735 g/mol. The Bertz CT molecular complexity index is 1060. The molecule has 202 valence electrons. The van der Waals surface area contributed by atoms with Gasteiger partial charge in [-0.3, -0.25) is 0 Å². The summed E-state index contributed by atoms with van der Waals surface area (Å²) in [5.41, 5.74) is 4.44. The van der Waals surface area contributed by atoms with E-state index < -0.39 is 0 Å². The molecule has 0 spiro atoms. The SMILES string of the molecule is CCCCCCOc1cc(/C=C/c2ccc(I)cc2)c(OCCCCCC)cc1/C=C/c1ccc(I)cc1. The summed E-state index contributed by atoms with van der Waals surface area (Å²) < 4.78 is 15.2. The highest BCUT2D eigenvalue weighted by Gasteiger charge is 2.10. The normalized spacial score (nSPS) is 11.5. The van der Waals surface area contributed by atoms with Crippen molar-refractivity contribution < 1.29 is 9.47 Å². The van der Waals surface area contributed by atoms with Crippen LogP contribution in [0.2, 0.25) is 0 Å². The fourth-order valence-electron chi connectivity index (χ4n) is 4.04. The second kappa shape index (κ2) is 17.7. The lowest BCUT2D eigenvalue weighted by Crippen LogP contribution is -2.03. The zero-order chi connectivity index (χ0) is 27.0. The topological polar surface area (TPSA) is 18.5 Å². The first-order valence-corrected chi connectivity index (χ1v) is 16.1. The van der Waals surface area contributed by atoms with Gasteiger partial charge in [0.2, 0.25) is 0 Å². The highest BCUT2D eigenvalue weighted by Crippen LogP contribution is 2.33. The van der Waals surface area contributed by atoms with Gasteiger partial charge in [0.05, 0.1) is 13.2 Å². The first-order chi connectivity index (χ1) is 18.6. The van der Waals surface area contributed by atoms with E-state index in [4.69, 9.17) is 9.47 Å². The van der Waals surface area contributed by atoms with Crippen molar-refractivity contribution in [2.24, 2.45) is 0 Å². The molecule has 3 aromatic carbocycles. The van der Waals surface area contributed by atoms with E-state index in [1.807, 2.05) is 0 Å². The van der Waals surface area contributed by atoms with E-state index in [9.17, 15) is 0 Å². The van der Waals surface area contributed by atoms with E-state index in [1.54, 1.807) is 0 Å².